The summed E-state index contributed by atoms with van der Waals surface area (Å²) < 4.78 is 0. The van der Waals surface area contributed by atoms with Crippen molar-refractivity contribution in [1.29, 1.82) is 5.26 Å². The van der Waals surface area contributed by atoms with Crippen LogP contribution in [-0.2, 0) is 4.79 Å². The lowest BCUT2D eigenvalue weighted by atomic mass is 10.0. The van der Waals surface area contributed by atoms with E-state index in [1.807, 2.05) is 42.5 Å². The van der Waals surface area contributed by atoms with E-state index in [1.54, 1.807) is 48.5 Å². The van der Waals surface area contributed by atoms with E-state index in [2.05, 4.69) is 10.6 Å². The molecule has 0 bridgehead atoms. The summed E-state index contributed by atoms with van der Waals surface area (Å²) in [4.78, 5) is 25.6. The third-order valence-corrected chi connectivity index (χ3v) is 4.40. The SMILES string of the molecule is N#Cc1ccc(C(=O)NC(C(=O)NC(N)c2ccccc2)c2ccccc2)cc1. The van der Waals surface area contributed by atoms with Gasteiger partial charge in [-0.05, 0) is 35.4 Å². The van der Waals surface area contributed by atoms with E-state index < -0.39 is 24.0 Å². The summed E-state index contributed by atoms with van der Waals surface area (Å²) in [6.45, 7) is 0. The number of hydrogen-bond donors (Lipinski definition) is 3. The first-order valence-corrected chi connectivity index (χ1v) is 9.05. The molecule has 3 aromatic carbocycles. The van der Waals surface area contributed by atoms with Crippen LogP contribution in [0.25, 0.3) is 0 Å². The fourth-order valence-corrected chi connectivity index (χ4v) is 2.84. The Morgan fingerprint density at radius 3 is 1.90 bits per heavy atom. The molecule has 0 radical (unpaired) electrons. The Morgan fingerprint density at radius 1 is 0.793 bits per heavy atom. The van der Waals surface area contributed by atoms with Crippen molar-refractivity contribution in [3.05, 3.63) is 107 Å². The van der Waals surface area contributed by atoms with Crippen LogP contribution in [-0.4, -0.2) is 11.8 Å². The summed E-state index contributed by atoms with van der Waals surface area (Å²) in [5, 5.41) is 14.4. The van der Waals surface area contributed by atoms with E-state index in [-0.39, 0.29) is 0 Å². The number of nitriles is 1. The molecule has 4 N–H and O–H groups in total. The van der Waals surface area contributed by atoms with Crippen molar-refractivity contribution in [3.63, 3.8) is 0 Å². The number of rotatable bonds is 6. The molecule has 0 aromatic heterocycles. The van der Waals surface area contributed by atoms with Crippen LogP contribution in [0, 0.1) is 11.3 Å². The maximum absolute atomic E-state index is 12.9. The molecule has 2 unspecified atom stereocenters. The maximum Gasteiger partial charge on any atom is 0.252 e. The Balaban J connectivity index is 1.80. The van der Waals surface area contributed by atoms with Gasteiger partial charge in [-0.25, -0.2) is 0 Å². The number of amides is 2. The second-order valence-electron chi connectivity index (χ2n) is 6.40. The van der Waals surface area contributed by atoms with Crippen molar-refractivity contribution in [3.8, 4) is 6.07 Å². The lowest BCUT2D eigenvalue weighted by Crippen LogP contribution is -2.43. The molecule has 2 amide bonds. The first-order valence-electron chi connectivity index (χ1n) is 9.05. The molecule has 0 aliphatic carbocycles. The summed E-state index contributed by atoms with van der Waals surface area (Å²) in [6, 6.07) is 25.4. The molecular formula is C23H20N4O2. The van der Waals surface area contributed by atoms with Crippen molar-refractivity contribution in [2.75, 3.05) is 0 Å². The number of nitrogens with one attached hydrogen (secondary N) is 2. The molecule has 0 saturated carbocycles. The van der Waals surface area contributed by atoms with Crippen molar-refractivity contribution < 1.29 is 9.59 Å². The highest BCUT2D eigenvalue weighted by atomic mass is 16.2. The smallest absolute Gasteiger partial charge is 0.252 e. The largest absolute Gasteiger partial charge is 0.336 e. The third kappa shape index (κ3) is 5.06. The predicted octanol–water partition coefficient (Wildman–Crippen LogP) is 2.80. The molecule has 29 heavy (non-hydrogen) atoms. The summed E-state index contributed by atoms with van der Waals surface area (Å²) in [5.74, 6) is -0.846. The molecular weight excluding hydrogens is 364 g/mol. The molecule has 0 fully saturated rings. The number of carbonyl (C=O) groups is 2. The van der Waals surface area contributed by atoms with Crippen molar-refractivity contribution in [2.45, 2.75) is 12.2 Å². The molecule has 6 heteroatoms. The van der Waals surface area contributed by atoms with E-state index >= 15 is 0 Å². The highest BCUT2D eigenvalue weighted by Crippen LogP contribution is 2.16. The zero-order valence-electron chi connectivity index (χ0n) is 15.6. The zero-order valence-corrected chi connectivity index (χ0v) is 15.6. The van der Waals surface area contributed by atoms with Crippen LogP contribution in [0.1, 0.15) is 39.3 Å². The van der Waals surface area contributed by atoms with Gasteiger partial charge in [-0.3, -0.25) is 9.59 Å². The van der Waals surface area contributed by atoms with Gasteiger partial charge in [0.25, 0.3) is 5.91 Å². The van der Waals surface area contributed by atoms with Gasteiger partial charge in [0.15, 0.2) is 0 Å². The van der Waals surface area contributed by atoms with E-state index in [0.29, 0.717) is 16.7 Å². The normalized spacial score (nSPS) is 12.3. The first kappa shape index (κ1) is 19.8. The molecule has 2 atom stereocenters. The quantitative estimate of drug-likeness (QED) is 0.568. The fraction of sp³-hybridized carbons (Fsp3) is 0.0870. The number of nitrogens with zero attached hydrogens (tertiary/aromatic N) is 1. The van der Waals surface area contributed by atoms with Gasteiger partial charge in [0, 0.05) is 5.56 Å². The van der Waals surface area contributed by atoms with Gasteiger partial charge in [0.1, 0.15) is 12.2 Å². The molecule has 0 spiro atoms. The van der Waals surface area contributed by atoms with E-state index in [4.69, 9.17) is 11.0 Å². The standard InChI is InChI=1S/C23H20N4O2/c24-15-16-11-13-19(14-12-16)22(28)26-20(17-7-3-1-4-8-17)23(29)27-21(25)18-9-5-2-6-10-18/h1-14,20-21H,25H2,(H,26,28)(H,27,29). The average Bonchev–Trinajstić information content (AvgIpc) is 2.78. The molecule has 0 heterocycles. The molecule has 3 aromatic rings. The van der Waals surface area contributed by atoms with Gasteiger partial charge in [-0.15, -0.1) is 0 Å². The Hall–Kier alpha value is -3.95. The Morgan fingerprint density at radius 2 is 1.34 bits per heavy atom. The number of nitrogens with two attached hydrogens (primary N) is 1. The summed E-state index contributed by atoms with van der Waals surface area (Å²) in [5.41, 5.74) is 8.30. The number of carbonyl (C=O) groups excluding carboxylic acids is 2. The van der Waals surface area contributed by atoms with Crippen molar-refractivity contribution >= 4 is 11.8 Å². The van der Waals surface area contributed by atoms with Gasteiger partial charge >= 0.3 is 0 Å². The maximum atomic E-state index is 12.9. The Labute approximate surface area is 169 Å². The minimum absolute atomic E-state index is 0.352. The molecule has 0 aliphatic rings. The molecule has 0 aliphatic heterocycles. The number of hydrogen-bond acceptors (Lipinski definition) is 4. The van der Waals surface area contributed by atoms with Crippen LogP contribution in [0.3, 0.4) is 0 Å². The van der Waals surface area contributed by atoms with Gasteiger partial charge in [0.2, 0.25) is 5.91 Å². The second-order valence-corrected chi connectivity index (χ2v) is 6.40. The Bertz CT molecular complexity index is 1010. The fourth-order valence-electron chi connectivity index (χ4n) is 2.84. The highest BCUT2D eigenvalue weighted by Gasteiger charge is 2.25. The van der Waals surface area contributed by atoms with Gasteiger partial charge in [-0.2, -0.15) is 5.26 Å². The van der Waals surface area contributed by atoms with E-state index in [9.17, 15) is 9.59 Å². The van der Waals surface area contributed by atoms with Crippen LogP contribution in [0.15, 0.2) is 84.9 Å². The van der Waals surface area contributed by atoms with Crippen LogP contribution in [0.5, 0.6) is 0 Å². The second kappa shape index (κ2) is 9.31. The summed E-state index contributed by atoms with van der Waals surface area (Å²) in [6.07, 6.45) is -0.707. The molecule has 3 rings (SSSR count). The summed E-state index contributed by atoms with van der Waals surface area (Å²) >= 11 is 0. The van der Waals surface area contributed by atoms with Gasteiger partial charge < -0.3 is 16.4 Å². The third-order valence-electron chi connectivity index (χ3n) is 4.40. The Kier molecular flexibility index (Phi) is 6.36. The van der Waals surface area contributed by atoms with Gasteiger partial charge in [0.05, 0.1) is 11.6 Å². The van der Waals surface area contributed by atoms with Gasteiger partial charge in [-0.1, -0.05) is 60.7 Å². The zero-order chi connectivity index (χ0) is 20.6. The number of benzene rings is 3. The van der Waals surface area contributed by atoms with E-state index in [0.717, 1.165) is 5.56 Å². The predicted molar refractivity (Wildman–Crippen MR) is 109 cm³/mol. The monoisotopic (exact) mass is 384 g/mol. The molecule has 6 nitrogen and oxygen atoms in total. The van der Waals surface area contributed by atoms with Crippen LogP contribution in [0.2, 0.25) is 0 Å². The minimum Gasteiger partial charge on any atom is -0.336 e. The van der Waals surface area contributed by atoms with E-state index in [1.165, 1.54) is 0 Å². The van der Waals surface area contributed by atoms with Crippen LogP contribution >= 0.6 is 0 Å². The lowest BCUT2D eigenvalue weighted by Gasteiger charge is -2.22. The molecule has 0 saturated heterocycles. The lowest BCUT2D eigenvalue weighted by molar-refractivity contribution is -0.123. The molecule has 144 valence electrons. The van der Waals surface area contributed by atoms with Crippen molar-refractivity contribution in [2.24, 2.45) is 5.73 Å². The first-order chi connectivity index (χ1) is 14.1. The highest BCUT2D eigenvalue weighted by molar-refractivity contribution is 5.98. The average molecular weight is 384 g/mol. The topological polar surface area (TPSA) is 108 Å². The van der Waals surface area contributed by atoms with Crippen LogP contribution < -0.4 is 16.4 Å². The van der Waals surface area contributed by atoms with Crippen molar-refractivity contribution in [1.82, 2.24) is 10.6 Å². The minimum atomic E-state index is -0.922. The van der Waals surface area contributed by atoms with Crippen LogP contribution in [0.4, 0.5) is 0 Å². The summed E-state index contributed by atoms with van der Waals surface area (Å²) in [7, 11) is 0.